The van der Waals surface area contributed by atoms with Gasteiger partial charge in [0.05, 0.1) is 20.8 Å². The van der Waals surface area contributed by atoms with Crippen LogP contribution in [0.1, 0.15) is 0 Å². The minimum atomic E-state index is -0.368. The number of amides is 1. The highest BCUT2D eigenvalue weighted by atomic mass is 16.5. The summed E-state index contributed by atoms with van der Waals surface area (Å²) in [5, 5.41) is 0. The predicted molar refractivity (Wildman–Crippen MR) is 59.9 cm³/mol. The van der Waals surface area contributed by atoms with Crippen LogP contribution in [0, 0.1) is 0 Å². The molecule has 0 aromatic heterocycles. The molecule has 0 bridgehead atoms. The van der Waals surface area contributed by atoms with Gasteiger partial charge in [-0.05, 0) is 12.1 Å². The van der Waals surface area contributed by atoms with Gasteiger partial charge in [-0.15, -0.1) is 0 Å². The van der Waals surface area contributed by atoms with Gasteiger partial charge in [0, 0.05) is 11.8 Å². The smallest absolute Gasteiger partial charge is 0.245 e. The molecule has 1 amide bonds. The molecule has 1 aliphatic heterocycles. The summed E-state index contributed by atoms with van der Waals surface area (Å²) in [7, 11) is 3.13. The average molecular weight is 222 g/mol. The number of ether oxygens (including phenoxy) is 2. The average Bonchev–Trinajstić information content (AvgIpc) is 2.34. The SMILES string of the molecule is COc1ccc(N2CC(N)C2=O)cc1OC. The normalized spacial score (nSPS) is 19.3. The number of methoxy groups -OCH3 is 2. The number of carbonyl (C=O) groups excluding carboxylic acids is 1. The van der Waals surface area contributed by atoms with Crippen molar-refractivity contribution in [1.29, 1.82) is 0 Å². The van der Waals surface area contributed by atoms with Crippen LogP contribution in [0.5, 0.6) is 11.5 Å². The summed E-state index contributed by atoms with van der Waals surface area (Å²) >= 11 is 0. The zero-order chi connectivity index (χ0) is 11.7. The standard InChI is InChI=1S/C11H14N2O3/c1-15-9-4-3-7(5-10(9)16-2)13-6-8(12)11(13)14/h3-5,8H,6,12H2,1-2H3. The first kappa shape index (κ1) is 10.8. The fraction of sp³-hybridized carbons (Fsp3) is 0.364. The van der Waals surface area contributed by atoms with Crippen LogP contribution < -0.4 is 20.1 Å². The third-order valence-electron chi connectivity index (χ3n) is 2.64. The largest absolute Gasteiger partial charge is 0.493 e. The summed E-state index contributed by atoms with van der Waals surface area (Å²) in [5.74, 6) is 1.18. The Labute approximate surface area is 93.7 Å². The van der Waals surface area contributed by atoms with Crippen molar-refractivity contribution in [2.24, 2.45) is 5.73 Å². The lowest BCUT2D eigenvalue weighted by Gasteiger charge is -2.36. The van der Waals surface area contributed by atoms with Crippen LogP contribution in [0.15, 0.2) is 18.2 Å². The van der Waals surface area contributed by atoms with E-state index < -0.39 is 0 Å². The van der Waals surface area contributed by atoms with E-state index in [4.69, 9.17) is 15.2 Å². The monoisotopic (exact) mass is 222 g/mol. The third kappa shape index (κ3) is 1.59. The van der Waals surface area contributed by atoms with E-state index in [9.17, 15) is 4.79 Å². The van der Waals surface area contributed by atoms with Gasteiger partial charge in [0.2, 0.25) is 5.91 Å². The molecular weight excluding hydrogens is 208 g/mol. The number of carbonyl (C=O) groups is 1. The Kier molecular flexibility index (Phi) is 2.70. The molecule has 0 radical (unpaired) electrons. The summed E-state index contributed by atoms with van der Waals surface area (Å²) in [4.78, 5) is 13.1. The molecule has 86 valence electrons. The number of β-lactam (4-membered cyclic amide) rings is 1. The molecule has 0 spiro atoms. The van der Waals surface area contributed by atoms with Gasteiger partial charge in [0.15, 0.2) is 11.5 Å². The van der Waals surface area contributed by atoms with E-state index in [1.807, 2.05) is 6.07 Å². The van der Waals surface area contributed by atoms with Crippen molar-refractivity contribution in [3.63, 3.8) is 0 Å². The molecule has 2 N–H and O–H groups in total. The predicted octanol–water partition coefficient (Wildman–Crippen LogP) is 0.378. The highest BCUT2D eigenvalue weighted by Crippen LogP contribution is 2.33. The Bertz CT molecular complexity index is 420. The van der Waals surface area contributed by atoms with E-state index in [2.05, 4.69) is 0 Å². The molecule has 1 aromatic carbocycles. The quantitative estimate of drug-likeness (QED) is 0.751. The molecule has 1 saturated heterocycles. The molecule has 5 nitrogen and oxygen atoms in total. The minimum absolute atomic E-state index is 0.0628. The van der Waals surface area contributed by atoms with Crippen molar-refractivity contribution in [2.45, 2.75) is 6.04 Å². The highest BCUT2D eigenvalue weighted by molar-refractivity contribution is 6.04. The lowest BCUT2D eigenvalue weighted by atomic mass is 10.1. The molecule has 1 fully saturated rings. The number of nitrogens with two attached hydrogens (primary N) is 1. The highest BCUT2D eigenvalue weighted by Gasteiger charge is 2.34. The number of hydrogen-bond donors (Lipinski definition) is 1. The second-order valence-electron chi connectivity index (χ2n) is 3.59. The van der Waals surface area contributed by atoms with Gasteiger partial charge in [-0.3, -0.25) is 4.79 Å². The molecule has 0 aliphatic carbocycles. The fourth-order valence-electron chi connectivity index (χ4n) is 1.68. The Balaban J connectivity index is 2.27. The van der Waals surface area contributed by atoms with Crippen LogP contribution in [0.2, 0.25) is 0 Å². The molecule has 16 heavy (non-hydrogen) atoms. The van der Waals surface area contributed by atoms with Crippen molar-refractivity contribution >= 4 is 11.6 Å². The van der Waals surface area contributed by atoms with Crippen molar-refractivity contribution in [3.05, 3.63) is 18.2 Å². The molecular formula is C11H14N2O3. The molecule has 1 aromatic rings. The second kappa shape index (κ2) is 4.02. The van der Waals surface area contributed by atoms with E-state index in [0.717, 1.165) is 5.69 Å². The number of anilines is 1. The van der Waals surface area contributed by atoms with E-state index in [0.29, 0.717) is 18.0 Å². The second-order valence-corrected chi connectivity index (χ2v) is 3.59. The Morgan fingerprint density at radius 1 is 1.31 bits per heavy atom. The molecule has 1 heterocycles. The number of benzene rings is 1. The van der Waals surface area contributed by atoms with Gasteiger partial charge in [-0.2, -0.15) is 0 Å². The minimum Gasteiger partial charge on any atom is -0.493 e. The third-order valence-corrected chi connectivity index (χ3v) is 2.64. The number of nitrogens with zero attached hydrogens (tertiary/aromatic N) is 1. The van der Waals surface area contributed by atoms with Crippen molar-refractivity contribution in [2.75, 3.05) is 25.7 Å². The van der Waals surface area contributed by atoms with Gasteiger partial charge in [0.1, 0.15) is 6.04 Å². The van der Waals surface area contributed by atoms with E-state index in [-0.39, 0.29) is 11.9 Å². The van der Waals surface area contributed by atoms with E-state index in [1.165, 1.54) is 0 Å². The van der Waals surface area contributed by atoms with Crippen LogP contribution in [-0.4, -0.2) is 32.7 Å². The molecule has 5 heteroatoms. The van der Waals surface area contributed by atoms with Gasteiger partial charge >= 0.3 is 0 Å². The zero-order valence-corrected chi connectivity index (χ0v) is 9.27. The number of hydrogen-bond acceptors (Lipinski definition) is 4. The molecule has 1 aliphatic rings. The van der Waals surface area contributed by atoms with Crippen LogP contribution >= 0.6 is 0 Å². The first-order valence-corrected chi connectivity index (χ1v) is 4.96. The van der Waals surface area contributed by atoms with Crippen molar-refractivity contribution in [1.82, 2.24) is 0 Å². The number of rotatable bonds is 3. The summed E-state index contributed by atoms with van der Waals surface area (Å²) < 4.78 is 10.3. The molecule has 1 unspecified atom stereocenters. The Hall–Kier alpha value is -1.75. The summed E-state index contributed by atoms with van der Waals surface area (Å²) in [6, 6.07) is 4.98. The summed E-state index contributed by atoms with van der Waals surface area (Å²) in [5.41, 5.74) is 6.31. The van der Waals surface area contributed by atoms with E-state index >= 15 is 0 Å². The van der Waals surface area contributed by atoms with Crippen LogP contribution in [0.3, 0.4) is 0 Å². The van der Waals surface area contributed by atoms with Crippen LogP contribution in [0.4, 0.5) is 5.69 Å². The van der Waals surface area contributed by atoms with Crippen LogP contribution in [-0.2, 0) is 4.79 Å². The van der Waals surface area contributed by atoms with Crippen LogP contribution in [0.25, 0.3) is 0 Å². The Morgan fingerprint density at radius 2 is 2.00 bits per heavy atom. The van der Waals surface area contributed by atoms with Crippen molar-refractivity contribution < 1.29 is 14.3 Å². The maximum Gasteiger partial charge on any atom is 0.245 e. The topological polar surface area (TPSA) is 64.8 Å². The first-order valence-electron chi connectivity index (χ1n) is 4.96. The maximum atomic E-state index is 11.4. The van der Waals surface area contributed by atoms with Gasteiger partial charge in [-0.1, -0.05) is 0 Å². The zero-order valence-electron chi connectivity index (χ0n) is 9.27. The first-order chi connectivity index (χ1) is 7.67. The summed E-state index contributed by atoms with van der Waals surface area (Å²) in [6.45, 7) is 0.550. The lowest BCUT2D eigenvalue weighted by molar-refractivity contribution is -0.123. The Morgan fingerprint density at radius 3 is 2.50 bits per heavy atom. The maximum absolute atomic E-state index is 11.4. The van der Waals surface area contributed by atoms with E-state index in [1.54, 1.807) is 31.3 Å². The lowest BCUT2D eigenvalue weighted by Crippen LogP contribution is -2.61. The van der Waals surface area contributed by atoms with Gasteiger partial charge < -0.3 is 20.1 Å². The fourth-order valence-corrected chi connectivity index (χ4v) is 1.68. The molecule has 1 atom stereocenters. The molecule has 0 saturated carbocycles. The summed E-state index contributed by atoms with van der Waals surface area (Å²) in [6.07, 6.45) is 0. The van der Waals surface area contributed by atoms with Gasteiger partial charge in [0.25, 0.3) is 0 Å². The molecule has 2 rings (SSSR count). The van der Waals surface area contributed by atoms with Crippen molar-refractivity contribution in [3.8, 4) is 11.5 Å². The van der Waals surface area contributed by atoms with Gasteiger partial charge in [-0.25, -0.2) is 0 Å².